The number of piperidine rings is 1. The molecule has 2 aromatic rings. The highest BCUT2D eigenvalue weighted by Crippen LogP contribution is 2.20. The quantitative estimate of drug-likeness (QED) is 0.839. The number of hydrogen-bond donors (Lipinski definition) is 1. The van der Waals surface area contributed by atoms with Crippen molar-refractivity contribution < 1.29 is 9.59 Å². The second-order valence-electron chi connectivity index (χ2n) is 6.42. The van der Waals surface area contributed by atoms with Crippen molar-refractivity contribution >= 4 is 17.5 Å². The van der Waals surface area contributed by atoms with E-state index in [2.05, 4.69) is 4.98 Å². The van der Waals surface area contributed by atoms with Crippen LogP contribution in [0.2, 0.25) is 0 Å². The van der Waals surface area contributed by atoms with Gasteiger partial charge in [0.05, 0.1) is 18.8 Å². The summed E-state index contributed by atoms with van der Waals surface area (Å²) in [7, 11) is 0. The molecule has 2 amide bonds. The third-order valence-corrected chi connectivity index (χ3v) is 4.58. The second-order valence-corrected chi connectivity index (χ2v) is 6.42. The van der Waals surface area contributed by atoms with Crippen molar-refractivity contribution in [2.24, 2.45) is 5.73 Å². The van der Waals surface area contributed by atoms with Gasteiger partial charge in [-0.15, -0.1) is 0 Å². The minimum Gasteiger partial charge on any atom is -0.324 e. The highest BCUT2D eigenvalue weighted by atomic mass is 16.2. The number of likely N-dealkylation sites (tertiary alicyclic amines) is 1. The van der Waals surface area contributed by atoms with Crippen molar-refractivity contribution in [1.29, 1.82) is 0 Å². The molecule has 0 bridgehead atoms. The van der Waals surface area contributed by atoms with Crippen molar-refractivity contribution in [3.8, 4) is 0 Å². The maximum atomic E-state index is 13.1. The first kappa shape index (κ1) is 18.1. The van der Waals surface area contributed by atoms with Crippen LogP contribution in [0, 0.1) is 0 Å². The zero-order valence-electron chi connectivity index (χ0n) is 14.8. The predicted molar refractivity (Wildman–Crippen MR) is 101 cm³/mol. The van der Waals surface area contributed by atoms with E-state index in [0.29, 0.717) is 12.1 Å². The summed E-state index contributed by atoms with van der Waals surface area (Å²) >= 11 is 0. The first-order chi connectivity index (χ1) is 12.7. The van der Waals surface area contributed by atoms with Gasteiger partial charge in [0.25, 0.3) is 0 Å². The number of carbonyl (C=O) groups excluding carboxylic acids is 2. The Morgan fingerprint density at radius 3 is 2.38 bits per heavy atom. The lowest BCUT2D eigenvalue weighted by Gasteiger charge is -2.33. The van der Waals surface area contributed by atoms with Crippen LogP contribution in [0.15, 0.2) is 48.7 Å². The minimum absolute atomic E-state index is 0.000175. The second kappa shape index (κ2) is 8.58. The summed E-state index contributed by atoms with van der Waals surface area (Å²) in [5.41, 5.74) is 7.45. The molecule has 0 spiro atoms. The van der Waals surface area contributed by atoms with Gasteiger partial charge in [0.1, 0.15) is 0 Å². The number of aromatic nitrogens is 1. The van der Waals surface area contributed by atoms with Crippen LogP contribution in [0.4, 0.5) is 10.5 Å². The molecule has 136 valence electrons. The van der Waals surface area contributed by atoms with Crippen LogP contribution in [-0.2, 0) is 6.54 Å². The molecular weight excluding hydrogens is 328 g/mol. The summed E-state index contributed by atoms with van der Waals surface area (Å²) in [5, 5.41) is 0. The number of anilines is 1. The molecule has 0 radical (unpaired) electrons. The standard InChI is InChI=1S/C20H24N4O2/c21-13-19(25)16-9-10-17(22-14-16)15-24(18-7-3-1-4-8-18)20(26)23-11-5-2-6-12-23/h1,3-4,7-10,14H,2,5-6,11-13,15,21H2. The van der Waals surface area contributed by atoms with Gasteiger partial charge < -0.3 is 10.6 Å². The number of urea groups is 1. The highest BCUT2D eigenvalue weighted by Gasteiger charge is 2.24. The molecule has 0 aliphatic carbocycles. The molecule has 0 atom stereocenters. The monoisotopic (exact) mass is 352 g/mol. The van der Waals surface area contributed by atoms with E-state index in [1.807, 2.05) is 35.2 Å². The van der Waals surface area contributed by atoms with E-state index in [9.17, 15) is 9.59 Å². The van der Waals surface area contributed by atoms with E-state index in [1.54, 1.807) is 17.0 Å². The summed E-state index contributed by atoms with van der Waals surface area (Å²) in [6, 6.07) is 13.1. The number of benzene rings is 1. The van der Waals surface area contributed by atoms with Gasteiger partial charge >= 0.3 is 6.03 Å². The lowest BCUT2D eigenvalue weighted by Crippen LogP contribution is -2.45. The van der Waals surface area contributed by atoms with E-state index in [4.69, 9.17) is 5.73 Å². The van der Waals surface area contributed by atoms with E-state index >= 15 is 0 Å². The smallest absolute Gasteiger partial charge is 0.324 e. The van der Waals surface area contributed by atoms with E-state index in [-0.39, 0.29) is 18.4 Å². The average Bonchev–Trinajstić information content (AvgIpc) is 2.72. The van der Waals surface area contributed by atoms with Crippen LogP contribution in [0.1, 0.15) is 35.3 Å². The Kier molecular flexibility index (Phi) is 5.96. The fraction of sp³-hybridized carbons (Fsp3) is 0.350. The molecule has 2 N–H and O–H groups in total. The number of ketones is 1. The predicted octanol–water partition coefficient (Wildman–Crippen LogP) is 2.84. The average molecular weight is 352 g/mol. The molecule has 3 rings (SSSR count). The van der Waals surface area contributed by atoms with Crippen LogP contribution in [0.25, 0.3) is 0 Å². The lowest BCUT2D eigenvalue weighted by molar-refractivity contribution is 0.100. The van der Waals surface area contributed by atoms with Crippen molar-refractivity contribution in [3.63, 3.8) is 0 Å². The van der Waals surface area contributed by atoms with E-state index < -0.39 is 0 Å². The van der Waals surface area contributed by atoms with Crippen LogP contribution < -0.4 is 10.6 Å². The number of pyridine rings is 1. The maximum Gasteiger partial charge on any atom is 0.324 e. The number of para-hydroxylation sites is 1. The Bertz CT molecular complexity index is 740. The molecule has 6 nitrogen and oxygen atoms in total. The Morgan fingerprint density at radius 2 is 1.77 bits per heavy atom. The number of carbonyl (C=O) groups is 2. The third kappa shape index (κ3) is 4.26. The van der Waals surface area contributed by atoms with Gasteiger partial charge in [-0.3, -0.25) is 14.7 Å². The third-order valence-electron chi connectivity index (χ3n) is 4.58. The fourth-order valence-corrected chi connectivity index (χ4v) is 3.10. The number of amides is 2. The number of rotatable bonds is 5. The number of nitrogens with two attached hydrogens (primary N) is 1. The Hall–Kier alpha value is -2.73. The van der Waals surface area contributed by atoms with Gasteiger partial charge in [0.2, 0.25) is 0 Å². The first-order valence-electron chi connectivity index (χ1n) is 8.98. The van der Waals surface area contributed by atoms with Crippen LogP contribution in [0.3, 0.4) is 0 Å². The van der Waals surface area contributed by atoms with Gasteiger partial charge in [-0.05, 0) is 43.5 Å². The minimum atomic E-state index is -0.145. The molecular formula is C20H24N4O2. The molecule has 1 aliphatic heterocycles. The molecule has 2 heterocycles. The van der Waals surface area contributed by atoms with Crippen molar-refractivity contribution in [1.82, 2.24) is 9.88 Å². The molecule has 1 aromatic carbocycles. The van der Waals surface area contributed by atoms with E-state index in [0.717, 1.165) is 37.3 Å². The van der Waals surface area contributed by atoms with Crippen molar-refractivity contribution in [3.05, 3.63) is 59.9 Å². The molecule has 1 aliphatic rings. The molecule has 26 heavy (non-hydrogen) atoms. The maximum absolute atomic E-state index is 13.1. The SMILES string of the molecule is NCC(=O)c1ccc(CN(C(=O)N2CCCCC2)c2ccccc2)nc1. The topological polar surface area (TPSA) is 79.5 Å². The summed E-state index contributed by atoms with van der Waals surface area (Å²) in [6.07, 6.45) is 4.79. The lowest BCUT2D eigenvalue weighted by atomic mass is 10.1. The summed E-state index contributed by atoms with van der Waals surface area (Å²) in [5.74, 6) is -0.145. The number of Topliss-reactive ketones (excluding diaryl/α,β-unsaturated/α-hetero) is 1. The van der Waals surface area contributed by atoms with Gasteiger partial charge in [0.15, 0.2) is 5.78 Å². The van der Waals surface area contributed by atoms with Crippen molar-refractivity contribution in [2.45, 2.75) is 25.8 Å². The van der Waals surface area contributed by atoms with Gasteiger partial charge in [0, 0.05) is 30.5 Å². The number of nitrogens with zero attached hydrogens (tertiary/aromatic N) is 3. The fourth-order valence-electron chi connectivity index (χ4n) is 3.10. The van der Waals surface area contributed by atoms with Gasteiger partial charge in [-0.25, -0.2) is 4.79 Å². The van der Waals surface area contributed by atoms with Gasteiger partial charge in [-0.1, -0.05) is 18.2 Å². The zero-order chi connectivity index (χ0) is 18.4. The van der Waals surface area contributed by atoms with Gasteiger partial charge in [-0.2, -0.15) is 0 Å². The van der Waals surface area contributed by atoms with Crippen molar-refractivity contribution in [2.75, 3.05) is 24.5 Å². The largest absolute Gasteiger partial charge is 0.324 e. The Labute approximate surface area is 153 Å². The van der Waals surface area contributed by atoms with Crippen LogP contribution in [-0.4, -0.2) is 41.3 Å². The molecule has 6 heteroatoms. The number of hydrogen-bond acceptors (Lipinski definition) is 4. The molecule has 1 fully saturated rings. The van der Waals surface area contributed by atoms with Crippen LogP contribution in [0.5, 0.6) is 0 Å². The molecule has 0 unspecified atom stereocenters. The first-order valence-corrected chi connectivity index (χ1v) is 8.98. The van der Waals surface area contributed by atoms with Crippen LogP contribution >= 0.6 is 0 Å². The Morgan fingerprint density at radius 1 is 1.04 bits per heavy atom. The normalized spacial score (nSPS) is 14.1. The summed E-state index contributed by atoms with van der Waals surface area (Å²) < 4.78 is 0. The molecule has 1 saturated heterocycles. The van der Waals surface area contributed by atoms with E-state index in [1.165, 1.54) is 12.6 Å². The zero-order valence-corrected chi connectivity index (χ0v) is 14.8. The highest BCUT2D eigenvalue weighted by molar-refractivity contribution is 5.97. The molecule has 0 saturated carbocycles. The summed E-state index contributed by atoms with van der Waals surface area (Å²) in [4.78, 5) is 32.7. The Balaban J connectivity index is 1.81. The molecule has 1 aromatic heterocycles. The summed E-state index contributed by atoms with van der Waals surface area (Å²) in [6.45, 7) is 1.90.